The van der Waals surface area contributed by atoms with Crippen LogP contribution in [0.2, 0.25) is 8.80 Å². The van der Waals surface area contributed by atoms with Crippen molar-refractivity contribution in [2.45, 2.75) is 38.3 Å². The molecule has 1 N–H and O–H groups in total. The summed E-state index contributed by atoms with van der Waals surface area (Å²) in [7, 11) is 0. The number of hydrogen-bond donors (Lipinski definition) is 1. The van der Waals surface area contributed by atoms with E-state index in [0.29, 0.717) is 10.9 Å². The van der Waals surface area contributed by atoms with Crippen LogP contribution in [0.25, 0.3) is 0 Å². The van der Waals surface area contributed by atoms with E-state index in [0.717, 1.165) is 24.2 Å². The highest BCUT2D eigenvalue weighted by Gasteiger charge is 2.30. The predicted molar refractivity (Wildman–Crippen MR) is 72.7 cm³/mol. The van der Waals surface area contributed by atoms with Gasteiger partial charge in [0.25, 0.3) is 5.91 Å². The lowest BCUT2D eigenvalue weighted by Crippen LogP contribution is -2.45. The quantitative estimate of drug-likeness (QED) is 0.913. The van der Waals surface area contributed by atoms with Gasteiger partial charge < -0.3 is 10.1 Å². The van der Waals surface area contributed by atoms with E-state index in [2.05, 4.69) is 10.3 Å². The molecule has 0 unspecified atom stereocenters. The molecule has 18 heavy (non-hydrogen) atoms. The molecule has 1 aromatic heterocycles. The molecule has 7 heteroatoms. The number of ether oxygens (including phenoxy) is 1. The smallest absolute Gasteiger partial charge is 0.272 e. The minimum Gasteiger partial charge on any atom is -0.375 e. The summed E-state index contributed by atoms with van der Waals surface area (Å²) in [5.41, 5.74) is -0.00402. The van der Waals surface area contributed by atoms with Crippen LogP contribution in [0.1, 0.15) is 37.2 Å². The van der Waals surface area contributed by atoms with Crippen LogP contribution in [0.15, 0.2) is 0 Å². The average molecular weight is 309 g/mol. The van der Waals surface area contributed by atoms with Gasteiger partial charge in [-0.15, -0.1) is 0 Å². The molecule has 0 bridgehead atoms. The molecule has 2 rings (SSSR count). The van der Waals surface area contributed by atoms with Gasteiger partial charge in [0.05, 0.1) is 5.60 Å². The number of aromatic nitrogens is 1. The first-order valence-electron chi connectivity index (χ1n) is 5.64. The number of carbonyl (C=O) groups is 1. The van der Waals surface area contributed by atoms with Crippen molar-refractivity contribution in [1.29, 1.82) is 0 Å². The van der Waals surface area contributed by atoms with Crippen LogP contribution in [-0.4, -0.2) is 29.1 Å². The average Bonchev–Trinajstić information content (AvgIpc) is 2.56. The molecule has 0 saturated carbocycles. The van der Waals surface area contributed by atoms with E-state index in [9.17, 15) is 4.79 Å². The Bertz CT molecular complexity index is 462. The molecule has 1 amide bonds. The summed E-state index contributed by atoms with van der Waals surface area (Å²) in [4.78, 5) is 15.9. The maximum atomic E-state index is 12.0. The summed E-state index contributed by atoms with van der Waals surface area (Å²) in [6.07, 6.45) is 1.57. The van der Waals surface area contributed by atoms with Gasteiger partial charge in [-0.2, -0.15) is 0 Å². The number of nitrogens with zero attached hydrogens (tertiary/aromatic N) is 1. The first-order chi connectivity index (χ1) is 8.37. The Labute approximate surface area is 120 Å². The Morgan fingerprint density at radius 2 is 2.28 bits per heavy atom. The number of carbonyl (C=O) groups excluding carboxylic acids is 1. The van der Waals surface area contributed by atoms with Gasteiger partial charge in [0.1, 0.15) is 4.34 Å². The summed E-state index contributed by atoms with van der Waals surface area (Å²) >= 11 is 12.7. The van der Waals surface area contributed by atoms with Crippen molar-refractivity contribution in [3.05, 3.63) is 14.5 Å². The van der Waals surface area contributed by atoms with Crippen LogP contribution >= 0.6 is 34.5 Å². The molecule has 0 spiro atoms. The molecule has 100 valence electrons. The molecule has 4 nitrogen and oxygen atoms in total. The number of amides is 1. The van der Waals surface area contributed by atoms with E-state index in [-0.39, 0.29) is 27.7 Å². The molecular formula is C11H14Cl2N2O2S. The van der Waals surface area contributed by atoms with Crippen LogP contribution in [0.3, 0.4) is 0 Å². The minimum absolute atomic E-state index is 0.0813. The Morgan fingerprint density at radius 1 is 1.56 bits per heavy atom. The fourth-order valence-corrected chi connectivity index (χ4v) is 3.33. The Kier molecular flexibility index (Phi) is 4.16. The predicted octanol–water partition coefficient (Wildman–Crippen LogP) is 3.14. The van der Waals surface area contributed by atoms with Crippen molar-refractivity contribution >= 4 is 40.4 Å². The maximum absolute atomic E-state index is 12.0. The minimum atomic E-state index is -0.272. The summed E-state index contributed by atoms with van der Waals surface area (Å²) in [5.74, 6) is -0.272. The highest BCUT2D eigenvalue weighted by atomic mass is 35.5. The number of thiazole rings is 1. The molecule has 1 aliphatic rings. The molecule has 1 saturated heterocycles. The third kappa shape index (κ3) is 3.35. The van der Waals surface area contributed by atoms with E-state index in [4.69, 9.17) is 27.9 Å². The summed E-state index contributed by atoms with van der Waals surface area (Å²) in [6.45, 7) is 4.67. The SMILES string of the molecule is CC1(C)C[C@@H](NC(=O)c2nc(Cl)sc2Cl)CCO1. The molecule has 0 aromatic carbocycles. The van der Waals surface area contributed by atoms with Crippen molar-refractivity contribution in [3.63, 3.8) is 0 Å². The van der Waals surface area contributed by atoms with E-state index < -0.39 is 0 Å². The fraction of sp³-hybridized carbons (Fsp3) is 0.636. The Hall–Kier alpha value is -0.360. The molecule has 0 radical (unpaired) electrons. The van der Waals surface area contributed by atoms with E-state index >= 15 is 0 Å². The summed E-state index contributed by atoms with van der Waals surface area (Å²) in [5, 5.41) is 2.93. The molecule has 1 atom stereocenters. The standard InChI is InChI=1S/C11H14Cl2N2O2S/c1-11(2)5-6(3-4-17-11)14-9(16)7-8(12)18-10(13)15-7/h6H,3-5H2,1-2H3,(H,14,16)/t6-/m0/s1. The second-order valence-corrected chi connectivity index (χ2v) is 7.04. The molecule has 2 heterocycles. The van der Waals surface area contributed by atoms with E-state index in [1.807, 2.05) is 13.8 Å². The molecule has 1 aromatic rings. The van der Waals surface area contributed by atoms with E-state index in [1.165, 1.54) is 0 Å². The van der Waals surface area contributed by atoms with Gasteiger partial charge in [-0.05, 0) is 26.7 Å². The van der Waals surface area contributed by atoms with Crippen LogP contribution in [-0.2, 0) is 4.74 Å². The Balaban J connectivity index is 2.01. The molecule has 0 aliphatic carbocycles. The zero-order valence-electron chi connectivity index (χ0n) is 10.1. The lowest BCUT2D eigenvalue weighted by molar-refractivity contribution is -0.0615. The Morgan fingerprint density at radius 3 is 2.83 bits per heavy atom. The van der Waals surface area contributed by atoms with Crippen LogP contribution in [0.5, 0.6) is 0 Å². The lowest BCUT2D eigenvalue weighted by Gasteiger charge is -2.35. The van der Waals surface area contributed by atoms with Crippen molar-refractivity contribution < 1.29 is 9.53 Å². The number of nitrogens with one attached hydrogen (secondary N) is 1. The molecular weight excluding hydrogens is 295 g/mol. The lowest BCUT2D eigenvalue weighted by atomic mass is 9.94. The first-order valence-corrected chi connectivity index (χ1v) is 7.21. The van der Waals surface area contributed by atoms with E-state index in [1.54, 1.807) is 0 Å². The number of halogens is 2. The van der Waals surface area contributed by atoms with Gasteiger partial charge in [0.2, 0.25) is 0 Å². The highest BCUT2D eigenvalue weighted by molar-refractivity contribution is 7.19. The second-order valence-electron chi connectivity index (χ2n) is 4.86. The van der Waals surface area contributed by atoms with Crippen LogP contribution in [0.4, 0.5) is 0 Å². The van der Waals surface area contributed by atoms with Crippen molar-refractivity contribution in [3.8, 4) is 0 Å². The summed E-state index contributed by atoms with van der Waals surface area (Å²) < 4.78 is 6.20. The second kappa shape index (κ2) is 5.33. The third-order valence-corrected chi connectivity index (χ3v) is 4.17. The van der Waals surface area contributed by atoms with Gasteiger partial charge in [-0.1, -0.05) is 34.5 Å². The fourth-order valence-electron chi connectivity index (χ4n) is 2.03. The normalized spacial score (nSPS) is 22.8. The van der Waals surface area contributed by atoms with Gasteiger partial charge in [-0.3, -0.25) is 4.79 Å². The topological polar surface area (TPSA) is 51.2 Å². The van der Waals surface area contributed by atoms with Crippen molar-refractivity contribution in [2.75, 3.05) is 6.61 Å². The monoisotopic (exact) mass is 308 g/mol. The van der Waals surface area contributed by atoms with Crippen LogP contribution < -0.4 is 5.32 Å². The largest absolute Gasteiger partial charge is 0.375 e. The molecule has 1 fully saturated rings. The van der Waals surface area contributed by atoms with Gasteiger partial charge in [0.15, 0.2) is 10.2 Å². The number of hydrogen-bond acceptors (Lipinski definition) is 4. The molecule has 1 aliphatic heterocycles. The van der Waals surface area contributed by atoms with Gasteiger partial charge >= 0.3 is 0 Å². The zero-order valence-corrected chi connectivity index (χ0v) is 12.5. The van der Waals surface area contributed by atoms with Crippen LogP contribution in [0, 0.1) is 0 Å². The number of rotatable bonds is 2. The van der Waals surface area contributed by atoms with Gasteiger partial charge in [-0.25, -0.2) is 4.98 Å². The highest BCUT2D eigenvalue weighted by Crippen LogP contribution is 2.28. The first kappa shape index (κ1) is 14.1. The zero-order chi connectivity index (χ0) is 13.3. The van der Waals surface area contributed by atoms with Crippen molar-refractivity contribution in [2.24, 2.45) is 0 Å². The summed E-state index contributed by atoms with van der Waals surface area (Å²) in [6, 6.07) is 0.0813. The van der Waals surface area contributed by atoms with Crippen molar-refractivity contribution in [1.82, 2.24) is 10.3 Å². The maximum Gasteiger partial charge on any atom is 0.272 e. The van der Waals surface area contributed by atoms with Gasteiger partial charge in [0, 0.05) is 12.6 Å². The third-order valence-electron chi connectivity index (χ3n) is 2.81.